The van der Waals surface area contributed by atoms with Crippen LogP contribution in [0.25, 0.3) is 0 Å². The molecule has 2 aromatic rings. The van der Waals surface area contributed by atoms with E-state index in [2.05, 4.69) is 4.98 Å². The molecule has 0 amide bonds. The minimum atomic E-state index is -1.56. The molecule has 7 heteroatoms. The monoisotopic (exact) mass is 417 g/mol. The van der Waals surface area contributed by atoms with Gasteiger partial charge in [-0.1, -0.05) is 41.4 Å². The van der Waals surface area contributed by atoms with E-state index in [1.807, 2.05) is 0 Å². The third-order valence-electron chi connectivity index (χ3n) is 5.00. The van der Waals surface area contributed by atoms with E-state index in [1.165, 1.54) is 6.20 Å². The first-order chi connectivity index (χ1) is 13.3. The number of carbonyl (C=O) groups is 2. The Hall–Kier alpha value is -2.63. The lowest BCUT2D eigenvalue weighted by Gasteiger charge is -2.38. The van der Waals surface area contributed by atoms with E-state index in [0.29, 0.717) is 26.7 Å². The van der Waals surface area contributed by atoms with Crippen LogP contribution in [0.15, 0.2) is 66.0 Å². The quantitative estimate of drug-likeness (QED) is 0.731. The molecule has 1 aliphatic rings. The van der Waals surface area contributed by atoms with E-state index in [9.17, 15) is 19.8 Å². The van der Waals surface area contributed by atoms with Crippen molar-refractivity contribution < 1.29 is 19.8 Å². The lowest BCUT2D eigenvalue weighted by atomic mass is 9.62. The summed E-state index contributed by atoms with van der Waals surface area (Å²) in [7, 11) is 0. The van der Waals surface area contributed by atoms with Gasteiger partial charge in [-0.15, -0.1) is 0 Å². The smallest absolute Gasteiger partial charge is 0.332 e. The molecule has 2 unspecified atom stereocenters. The number of rotatable bonds is 5. The second-order valence-corrected chi connectivity index (χ2v) is 7.56. The van der Waals surface area contributed by atoms with Crippen LogP contribution >= 0.6 is 23.2 Å². The van der Waals surface area contributed by atoms with Crippen molar-refractivity contribution in [3.8, 4) is 0 Å². The SMILES string of the molecule is CC1=C(C(=O)O)C(c2cccnc2)C(Cc2cc(Cl)ccc2Cl)(C(=O)O)C=C1. The molecule has 1 aromatic carbocycles. The molecule has 0 aliphatic heterocycles. The number of allylic oxidation sites excluding steroid dienone is 2. The molecule has 0 saturated heterocycles. The molecule has 0 fully saturated rings. The molecule has 1 aliphatic carbocycles. The van der Waals surface area contributed by atoms with Gasteiger partial charge in [0.05, 0.1) is 0 Å². The fourth-order valence-electron chi connectivity index (χ4n) is 3.67. The maximum atomic E-state index is 12.6. The van der Waals surface area contributed by atoms with Crippen molar-refractivity contribution in [2.45, 2.75) is 19.3 Å². The summed E-state index contributed by atoms with van der Waals surface area (Å²) in [6, 6.07) is 8.16. The average molecular weight is 418 g/mol. The van der Waals surface area contributed by atoms with Crippen LogP contribution in [0.5, 0.6) is 0 Å². The number of aliphatic carboxylic acids is 2. The zero-order chi connectivity index (χ0) is 20.5. The summed E-state index contributed by atoms with van der Waals surface area (Å²) in [6.07, 6.45) is 6.11. The lowest BCUT2D eigenvalue weighted by molar-refractivity contribution is -0.147. The van der Waals surface area contributed by atoms with Gasteiger partial charge in [0.25, 0.3) is 0 Å². The van der Waals surface area contributed by atoms with E-state index in [0.717, 1.165) is 0 Å². The Morgan fingerprint density at radius 1 is 1.21 bits per heavy atom. The molecule has 144 valence electrons. The first kappa shape index (κ1) is 20.1. The Balaban J connectivity index is 2.25. The van der Waals surface area contributed by atoms with Gasteiger partial charge in [-0.05, 0) is 54.3 Å². The maximum absolute atomic E-state index is 12.6. The third kappa shape index (κ3) is 3.55. The molecular weight excluding hydrogens is 401 g/mol. The first-order valence-electron chi connectivity index (χ1n) is 8.47. The Bertz CT molecular complexity index is 1000. The van der Waals surface area contributed by atoms with Crippen LogP contribution in [0.3, 0.4) is 0 Å². The third-order valence-corrected chi connectivity index (χ3v) is 5.60. The van der Waals surface area contributed by atoms with Crippen molar-refractivity contribution in [2.75, 3.05) is 0 Å². The highest BCUT2D eigenvalue weighted by atomic mass is 35.5. The molecule has 0 saturated carbocycles. The topological polar surface area (TPSA) is 87.5 Å². The summed E-state index contributed by atoms with van der Waals surface area (Å²) in [5.74, 6) is -3.27. The molecule has 0 spiro atoms. The Morgan fingerprint density at radius 2 is 1.96 bits per heavy atom. The van der Waals surface area contributed by atoms with Gasteiger partial charge in [-0.2, -0.15) is 0 Å². The van der Waals surface area contributed by atoms with Crippen LogP contribution in [-0.4, -0.2) is 27.1 Å². The summed E-state index contributed by atoms with van der Waals surface area (Å²) >= 11 is 12.4. The molecule has 28 heavy (non-hydrogen) atoms. The van der Waals surface area contributed by atoms with Gasteiger partial charge >= 0.3 is 11.9 Å². The molecule has 1 aromatic heterocycles. The van der Waals surface area contributed by atoms with Gasteiger partial charge in [0, 0.05) is 33.9 Å². The number of carboxylic acids is 2. The molecule has 2 N–H and O–H groups in total. The van der Waals surface area contributed by atoms with Gasteiger partial charge < -0.3 is 10.2 Å². The van der Waals surface area contributed by atoms with Crippen molar-refractivity contribution in [1.29, 1.82) is 0 Å². The Labute approximate surface area is 171 Å². The van der Waals surface area contributed by atoms with Crippen LogP contribution < -0.4 is 0 Å². The normalized spacial score (nSPS) is 21.6. The van der Waals surface area contributed by atoms with E-state index in [4.69, 9.17) is 23.2 Å². The van der Waals surface area contributed by atoms with Crippen molar-refractivity contribution in [3.63, 3.8) is 0 Å². The molecule has 2 atom stereocenters. The highest BCUT2D eigenvalue weighted by molar-refractivity contribution is 6.33. The van der Waals surface area contributed by atoms with Gasteiger partial charge in [-0.25, -0.2) is 4.79 Å². The summed E-state index contributed by atoms with van der Waals surface area (Å²) in [6.45, 7) is 1.65. The number of pyridine rings is 1. The molecule has 3 rings (SSSR count). The fourth-order valence-corrected chi connectivity index (χ4v) is 4.05. The standard InChI is InChI=1S/C21H17Cl2NO4/c1-12-6-7-21(20(27)28,10-14-9-15(22)4-5-16(14)23)18(17(12)19(25)26)13-3-2-8-24-11-13/h2-9,11,18H,10H2,1H3,(H,25,26)(H,27,28). The first-order valence-corrected chi connectivity index (χ1v) is 9.22. The Kier molecular flexibility index (Phi) is 5.59. The highest BCUT2D eigenvalue weighted by Crippen LogP contribution is 2.49. The minimum Gasteiger partial charge on any atom is -0.481 e. The average Bonchev–Trinajstić information content (AvgIpc) is 2.66. The van der Waals surface area contributed by atoms with E-state index in [1.54, 1.807) is 55.6 Å². The summed E-state index contributed by atoms with van der Waals surface area (Å²) in [4.78, 5) is 28.7. The second-order valence-electron chi connectivity index (χ2n) is 6.71. The summed E-state index contributed by atoms with van der Waals surface area (Å²) in [5.41, 5.74) is -0.0139. The predicted octanol–water partition coefficient (Wildman–Crippen LogP) is 4.76. The number of carboxylic acid groups (broad SMARTS) is 2. The van der Waals surface area contributed by atoms with Crippen LogP contribution in [0, 0.1) is 5.41 Å². The number of nitrogens with zero attached hydrogens (tertiary/aromatic N) is 1. The number of aromatic nitrogens is 1. The number of hydrogen-bond acceptors (Lipinski definition) is 3. The number of benzene rings is 1. The molecule has 0 bridgehead atoms. The predicted molar refractivity (Wildman–Crippen MR) is 107 cm³/mol. The lowest BCUT2D eigenvalue weighted by Crippen LogP contribution is -2.42. The molecule has 1 heterocycles. The van der Waals surface area contributed by atoms with E-state index >= 15 is 0 Å². The van der Waals surface area contributed by atoms with Crippen molar-refractivity contribution in [3.05, 3.63) is 87.2 Å². The van der Waals surface area contributed by atoms with Gasteiger partial charge in [-0.3, -0.25) is 9.78 Å². The van der Waals surface area contributed by atoms with Gasteiger partial charge in [0.15, 0.2) is 0 Å². The molecule has 5 nitrogen and oxygen atoms in total. The van der Waals surface area contributed by atoms with Crippen LogP contribution in [0.2, 0.25) is 10.0 Å². The van der Waals surface area contributed by atoms with Crippen LogP contribution in [-0.2, 0) is 16.0 Å². The zero-order valence-corrected chi connectivity index (χ0v) is 16.4. The fraction of sp³-hybridized carbons (Fsp3) is 0.190. The van der Waals surface area contributed by atoms with Crippen molar-refractivity contribution in [1.82, 2.24) is 4.98 Å². The summed E-state index contributed by atoms with van der Waals surface area (Å²) in [5, 5.41) is 20.9. The highest BCUT2D eigenvalue weighted by Gasteiger charge is 2.50. The van der Waals surface area contributed by atoms with Crippen molar-refractivity contribution >= 4 is 35.1 Å². The minimum absolute atomic E-state index is 0.0241. The number of halogens is 2. The molecular formula is C21H17Cl2NO4. The number of hydrogen-bond donors (Lipinski definition) is 2. The molecule has 0 radical (unpaired) electrons. The van der Waals surface area contributed by atoms with E-state index in [-0.39, 0.29) is 12.0 Å². The Morgan fingerprint density at radius 3 is 2.57 bits per heavy atom. The second kappa shape index (κ2) is 7.78. The van der Waals surface area contributed by atoms with E-state index < -0.39 is 23.3 Å². The summed E-state index contributed by atoms with van der Waals surface area (Å²) < 4.78 is 0. The van der Waals surface area contributed by atoms with Crippen LogP contribution in [0.4, 0.5) is 0 Å². The van der Waals surface area contributed by atoms with Crippen molar-refractivity contribution in [2.24, 2.45) is 5.41 Å². The van der Waals surface area contributed by atoms with Gasteiger partial charge in [0.2, 0.25) is 0 Å². The largest absolute Gasteiger partial charge is 0.481 e. The van der Waals surface area contributed by atoms with Crippen LogP contribution in [0.1, 0.15) is 24.0 Å². The zero-order valence-electron chi connectivity index (χ0n) is 14.9. The van der Waals surface area contributed by atoms with Gasteiger partial charge in [0.1, 0.15) is 5.41 Å². The maximum Gasteiger partial charge on any atom is 0.332 e.